The summed E-state index contributed by atoms with van der Waals surface area (Å²) in [6.07, 6.45) is -0.700. The fourth-order valence-corrected chi connectivity index (χ4v) is 2.45. The Balaban J connectivity index is 2.04. The van der Waals surface area contributed by atoms with Crippen LogP contribution in [0.2, 0.25) is 0 Å². The van der Waals surface area contributed by atoms with Gasteiger partial charge in [-0.3, -0.25) is 4.79 Å². The molecular weight excluding hydrogens is 268 g/mol. The van der Waals surface area contributed by atoms with Crippen molar-refractivity contribution in [1.29, 1.82) is 0 Å². The fraction of sp³-hybridized carbons (Fsp3) is 0.188. The van der Waals surface area contributed by atoms with Crippen molar-refractivity contribution in [2.75, 3.05) is 23.8 Å². The summed E-state index contributed by atoms with van der Waals surface area (Å²) < 4.78 is 5.83. The number of nitrogens with zero attached hydrogens (tertiary/aromatic N) is 1. The van der Waals surface area contributed by atoms with E-state index in [2.05, 4.69) is 0 Å². The molecule has 0 saturated heterocycles. The molecule has 0 aromatic heterocycles. The van der Waals surface area contributed by atoms with E-state index in [1.807, 2.05) is 30.3 Å². The van der Waals surface area contributed by atoms with Crippen LogP contribution in [0, 0.1) is 0 Å². The lowest BCUT2D eigenvalue weighted by molar-refractivity contribution is -0.126. The minimum atomic E-state index is -0.700. The number of fused-ring (bicyclic) bond motifs is 1. The normalized spacial score (nSPS) is 17.3. The number of benzene rings is 2. The molecule has 0 fully saturated rings. The number of rotatable bonds is 3. The number of hydrogen-bond donors (Lipinski definition) is 2. The Morgan fingerprint density at radius 2 is 1.95 bits per heavy atom. The molecule has 2 aromatic carbocycles. The molecule has 3 rings (SSSR count). The van der Waals surface area contributed by atoms with Crippen LogP contribution < -0.4 is 15.4 Å². The second kappa shape index (κ2) is 5.46. The maximum Gasteiger partial charge on any atom is 0.272 e. The molecule has 0 spiro atoms. The van der Waals surface area contributed by atoms with Crippen molar-refractivity contribution >= 4 is 17.3 Å². The third-order valence-electron chi connectivity index (χ3n) is 3.43. The molecule has 2 aromatic rings. The number of β-amino-alcohol motifs (C(OH)–C–C–N with tert-alkyl or cyclic N) is 1. The number of aliphatic hydroxyl groups excluding tert-OH is 1. The zero-order valence-electron chi connectivity index (χ0n) is 11.4. The van der Waals surface area contributed by atoms with Gasteiger partial charge in [0.05, 0.1) is 12.3 Å². The van der Waals surface area contributed by atoms with E-state index in [-0.39, 0.29) is 19.1 Å². The number of ether oxygens (including phenoxy) is 1. The largest absolute Gasteiger partial charge is 0.474 e. The smallest absolute Gasteiger partial charge is 0.272 e. The van der Waals surface area contributed by atoms with Crippen molar-refractivity contribution in [3.63, 3.8) is 0 Å². The number of carbonyl (C=O) groups is 1. The lowest BCUT2D eigenvalue weighted by Gasteiger charge is -2.34. The summed E-state index contributed by atoms with van der Waals surface area (Å²) in [6, 6.07) is 14.5. The van der Waals surface area contributed by atoms with Gasteiger partial charge in [0.1, 0.15) is 5.75 Å². The lowest BCUT2D eigenvalue weighted by atomic mass is 10.1. The molecular formula is C16H16N2O3. The van der Waals surface area contributed by atoms with E-state index in [9.17, 15) is 9.90 Å². The summed E-state index contributed by atoms with van der Waals surface area (Å²) in [6.45, 7) is 0.0868. The van der Waals surface area contributed by atoms with Gasteiger partial charge in [-0.2, -0.15) is 0 Å². The molecule has 0 radical (unpaired) electrons. The molecule has 108 valence electrons. The minimum absolute atomic E-state index is 0.124. The van der Waals surface area contributed by atoms with Crippen molar-refractivity contribution in [3.8, 4) is 5.75 Å². The Morgan fingerprint density at radius 1 is 1.19 bits per heavy atom. The van der Waals surface area contributed by atoms with E-state index in [0.717, 1.165) is 5.56 Å². The average Bonchev–Trinajstić information content (AvgIpc) is 2.51. The van der Waals surface area contributed by atoms with Gasteiger partial charge in [0.2, 0.25) is 6.10 Å². The van der Waals surface area contributed by atoms with Crippen LogP contribution in [0.25, 0.3) is 0 Å². The van der Waals surface area contributed by atoms with Crippen LogP contribution in [-0.2, 0) is 4.79 Å². The van der Waals surface area contributed by atoms with Gasteiger partial charge < -0.3 is 20.5 Å². The topological polar surface area (TPSA) is 75.8 Å². The Hall–Kier alpha value is -2.53. The number of aliphatic hydroxyl groups is 1. The summed E-state index contributed by atoms with van der Waals surface area (Å²) in [5.41, 5.74) is 7.71. The van der Waals surface area contributed by atoms with Crippen molar-refractivity contribution in [1.82, 2.24) is 0 Å². The van der Waals surface area contributed by atoms with E-state index in [4.69, 9.17) is 10.5 Å². The SMILES string of the molecule is Nc1ccc2c(c1)N(CCO)C(=O)C(c1ccccc1)O2. The van der Waals surface area contributed by atoms with E-state index in [1.165, 1.54) is 4.90 Å². The summed E-state index contributed by atoms with van der Waals surface area (Å²) in [7, 11) is 0. The first-order valence-corrected chi connectivity index (χ1v) is 6.74. The molecule has 21 heavy (non-hydrogen) atoms. The van der Waals surface area contributed by atoms with Gasteiger partial charge in [-0.15, -0.1) is 0 Å². The first-order chi connectivity index (χ1) is 10.2. The summed E-state index contributed by atoms with van der Waals surface area (Å²) in [5, 5.41) is 9.22. The van der Waals surface area contributed by atoms with Gasteiger partial charge in [-0.25, -0.2) is 0 Å². The highest BCUT2D eigenvalue weighted by Gasteiger charge is 2.35. The third-order valence-corrected chi connectivity index (χ3v) is 3.43. The Labute approximate surface area is 122 Å². The molecule has 1 aliphatic rings. The Kier molecular flexibility index (Phi) is 3.50. The van der Waals surface area contributed by atoms with Crippen LogP contribution in [0.1, 0.15) is 11.7 Å². The molecule has 1 aliphatic heterocycles. The first-order valence-electron chi connectivity index (χ1n) is 6.74. The molecule has 5 heteroatoms. The van der Waals surface area contributed by atoms with Crippen LogP contribution in [0.15, 0.2) is 48.5 Å². The predicted octanol–water partition coefficient (Wildman–Crippen LogP) is 1.73. The maximum absolute atomic E-state index is 12.6. The highest BCUT2D eigenvalue weighted by atomic mass is 16.5. The molecule has 1 amide bonds. The molecule has 5 nitrogen and oxygen atoms in total. The molecule has 0 saturated carbocycles. The third kappa shape index (κ3) is 2.43. The quantitative estimate of drug-likeness (QED) is 0.842. The van der Waals surface area contributed by atoms with E-state index in [0.29, 0.717) is 17.1 Å². The summed E-state index contributed by atoms with van der Waals surface area (Å²) in [4.78, 5) is 14.2. The summed E-state index contributed by atoms with van der Waals surface area (Å²) in [5.74, 6) is 0.388. The Morgan fingerprint density at radius 3 is 2.67 bits per heavy atom. The predicted molar refractivity (Wildman–Crippen MR) is 80.1 cm³/mol. The van der Waals surface area contributed by atoms with Gasteiger partial charge >= 0.3 is 0 Å². The zero-order chi connectivity index (χ0) is 14.8. The molecule has 1 unspecified atom stereocenters. The molecule has 0 bridgehead atoms. The second-order valence-electron chi connectivity index (χ2n) is 4.85. The molecule has 3 N–H and O–H groups in total. The van der Waals surface area contributed by atoms with Crippen LogP contribution in [0.5, 0.6) is 5.75 Å². The highest BCUT2D eigenvalue weighted by Crippen LogP contribution is 2.39. The average molecular weight is 284 g/mol. The number of anilines is 2. The van der Waals surface area contributed by atoms with Crippen LogP contribution in [0.4, 0.5) is 11.4 Å². The van der Waals surface area contributed by atoms with Crippen molar-refractivity contribution in [2.24, 2.45) is 0 Å². The minimum Gasteiger partial charge on any atom is -0.474 e. The van der Waals surface area contributed by atoms with Crippen molar-refractivity contribution in [2.45, 2.75) is 6.10 Å². The fourth-order valence-electron chi connectivity index (χ4n) is 2.45. The number of nitrogens with two attached hydrogens (primary N) is 1. The summed E-state index contributed by atoms with van der Waals surface area (Å²) >= 11 is 0. The van der Waals surface area contributed by atoms with E-state index in [1.54, 1.807) is 18.2 Å². The van der Waals surface area contributed by atoms with Gasteiger partial charge in [0, 0.05) is 17.8 Å². The van der Waals surface area contributed by atoms with Crippen LogP contribution >= 0.6 is 0 Å². The zero-order valence-corrected chi connectivity index (χ0v) is 11.4. The van der Waals surface area contributed by atoms with Crippen LogP contribution in [-0.4, -0.2) is 24.2 Å². The van der Waals surface area contributed by atoms with Crippen molar-refractivity contribution in [3.05, 3.63) is 54.1 Å². The van der Waals surface area contributed by atoms with Gasteiger partial charge in [-0.1, -0.05) is 30.3 Å². The molecule has 1 atom stereocenters. The first kappa shape index (κ1) is 13.5. The maximum atomic E-state index is 12.6. The standard InChI is InChI=1S/C16H16N2O3/c17-12-6-7-14-13(10-12)18(8-9-19)16(20)15(21-14)11-4-2-1-3-5-11/h1-7,10,15,19H,8-9,17H2. The highest BCUT2D eigenvalue weighted by molar-refractivity contribution is 6.01. The second-order valence-corrected chi connectivity index (χ2v) is 4.85. The monoisotopic (exact) mass is 284 g/mol. The Bertz CT molecular complexity index is 658. The molecule has 0 aliphatic carbocycles. The van der Waals surface area contributed by atoms with Crippen molar-refractivity contribution < 1.29 is 14.6 Å². The van der Waals surface area contributed by atoms with Gasteiger partial charge in [-0.05, 0) is 18.2 Å². The molecule has 1 heterocycles. The number of amides is 1. The number of carbonyl (C=O) groups excluding carboxylic acids is 1. The lowest BCUT2D eigenvalue weighted by Crippen LogP contribution is -2.42. The van der Waals surface area contributed by atoms with E-state index >= 15 is 0 Å². The van der Waals surface area contributed by atoms with Gasteiger partial charge in [0.15, 0.2) is 0 Å². The number of hydrogen-bond acceptors (Lipinski definition) is 4. The van der Waals surface area contributed by atoms with Crippen LogP contribution in [0.3, 0.4) is 0 Å². The van der Waals surface area contributed by atoms with E-state index < -0.39 is 6.10 Å². The number of nitrogen functional groups attached to an aromatic ring is 1. The van der Waals surface area contributed by atoms with Gasteiger partial charge in [0.25, 0.3) is 5.91 Å².